The van der Waals surface area contributed by atoms with Gasteiger partial charge in [0.25, 0.3) is 0 Å². The van der Waals surface area contributed by atoms with Crippen LogP contribution in [-0.2, 0) is 4.79 Å². The molecular formula is C11H14N4O4. The number of nitrogens with zero attached hydrogens (tertiary/aromatic N) is 1. The van der Waals surface area contributed by atoms with Crippen molar-refractivity contribution in [2.75, 3.05) is 11.9 Å². The van der Waals surface area contributed by atoms with Crippen LogP contribution in [0.3, 0.4) is 0 Å². The number of nitrogens with two attached hydrogens (primary N) is 1. The van der Waals surface area contributed by atoms with Gasteiger partial charge in [-0.05, 0) is 18.6 Å². The van der Waals surface area contributed by atoms with Crippen LogP contribution >= 0.6 is 0 Å². The molecule has 0 aliphatic heterocycles. The van der Waals surface area contributed by atoms with Crippen LogP contribution in [0.15, 0.2) is 18.3 Å². The van der Waals surface area contributed by atoms with E-state index in [-0.39, 0.29) is 24.3 Å². The summed E-state index contributed by atoms with van der Waals surface area (Å²) in [5.74, 6) is -1.67. The number of aromatic nitrogens is 1. The number of primary amides is 1. The van der Waals surface area contributed by atoms with Crippen molar-refractivity contribution in [3.05, 3.63) is 24.0 Å². The highest BCUT2D eigenvalue weighted by Crippen LogP contribution is 2.11. The van der Waals surface area contributed by atoms with E-state index in [0.29, 0.717) is 6.42 Å². The van der Waals surface area contributed by atoms with Crippen LogP contribution in [0.4, 0.5) is 10.5 Å². The van der Waals surface area contributed by atoms with Crippen LogP contribution in [0.5, 0.6) is 0 Å². The Balaban J connectivity index is 2.48. The summed E-state index contributed by atoms with van der Waals surface area (Å²) in [6.07, 6.45) is 1.91. The minimum Gasteiger partial charge on any atom is -0.476 e. The number of pyridine rings is 1. The van der Waals surface area contributed by atoms with Gasteiger partial charge in [0.2, 0.25) is 5.91 Å². The Hall–Kier alpha value is -2.64. The summed E-state index contributed by atoms with van der Waals surface area (Å²) in [4.78, 5) is 36.4. The van der Waals surface area contributed by atoms with Crippen molar-refractivity contribution in [3.63, 3.8) is 0 Å². The SMILES string of the molecule is NC(=O)CCCNC(=O)Nc1cccnc1C(=O)O. The number of urea groups is 1. The molecule has 0 fully saturated rings. The summed E-state index contributed by atoms with van der Waals surface area (Å²) in [6.45, 7) is 0.261. The summed E-state index contributed by atoms with van der Waals surface area (Å²) in [6, 6.07) is 2.37. The number of aromatic carboxylic acids is 1. The predicted molar refractivity (Wildman–Crippen MR) is 66.6 cm³/mol. The van der Waals surface area contributed by atoms with Crippen molar-refractivity contribution in [1.82, 2.24) is 10.3 Å². The molecule has 0 atom stereocenters. The lowest BCUT2D eigenvalue weighted by Crippen LogP contribution is -2.30. The molecule has 8 nitrogen and oxygen atoms in total. The lowest BCUT2D eigenvalue weighted by Gasteiger charge is -2.08. The van der Waals surface area contributed by atoms with Crippen molar-refractivity contribution in [2.45, 2.75) is 12.8 Å². The van der Waals surface area contributed by atoms with Crippen LogP contribution in [-0.4, -0.2) is 34.5 Å². The number of carbonyl (C=O) groups is 3. The van der Waals surface area contributed by atoms with Gasteiger partial charge >= 0.3 is 12.0 Å². The number of hydrogen-bond donors (Lipinski definition) is 4. The standard InChI is InChI=1S/C11H14N4O4/c12-8(16)4-2-6-14-11(19)15-7-3-1-5-13-9(7)10(17)18/h1,3,5H,2,4,6H2,(H2,12,16)(H,17,18)(H2,14,15,19). The summed E-state index contributed by atoms with van der Waals surface area (Å²) in [7, 11) is 0. The molecule has 0 aromatic carbocycles. The second-order valence-corrected chi connectivity index (χ2v) is 3.66. The van der Waals surface area contributed by atoms with Gasteiger partial charge in [0.1, 0.15) is 0 Å². The van der Waals surface area contributed by atoms with E-state index in [9.17, 15) is 14.4 Å². The van der Waals surface area contributed by atoms with Gasteiger partial charge in [0.15, 0.2) is 5.69 Å². The monoisotopic (exact) mass is 266 g/mol. The third-order valence-corrected chi connectivity index (χ3v) is 2.14. The number of rotatable bonds is 6. The highest BCUT2D eigenvalue weighted by molar-refractivity contribution is 5.98. The van der Waals surface area contributed by atoms with Crippen molar-refractivity contribution in [1.29, 1.82) is 0 Å². The van der Waals surface area contributed by atoms with Gasteiger partial charge < -0.3 is 21.5 Å². The molecule has 0 radical (unpaired) electrons. The molecule has 0 saturated carbocycles. The Kier molecular flexibility index (Phi) is 5.27. The van der Waals surface area contributed by atoms with E-state index in [1.54, 1.807) is 0 Å². The fraction of sp³-hybridized carbons (Fsp3) is 0.273. The zero-order chi connectivity index (χ0) is 14.3. The molecule has 1 aromatic rings. The van der Waals surface area contributed by atoms with Crippen LogP contribution < -0.4 is 16.4 Å². The van der Waals surface area contributed by atoms with E-state index in [1.807, 2.05) is 0 Å². The Labute approximate surface area is 109 Å². The first-order valence-electron chi connectivity index (χ1n) is 5.52. The molecule has 0 bridgehead atoms. The Morgan fingerprint density at radius 3 is 2.74 bits per heavy atom. The average Bonchev–Trinajstić information content (AvgIpc) is 2.35. The van der Waals surface area contributed by atoms with Crippen molar-refractivity contribution >= 4 is 23.6 Å². The molecule has 1 aromatic heterocycles. The van der Waals surface area contributed by atoms with Crippen molar-refractivity contribution < 1.29 is 19.5 Å². The number of carboxylic acid groups (broad SMARTS) is 1. The topological polar surface area (TPSA) is 134 Å². The van der Waals surface area contributed by atoms with Crippen LogP contribution in [0.2, 0.25) is 0 Å². The maximum absolute atomic E-state index is 11.5. The van der Waals surface area contributed by atoms with Gasteiger partial charge in [-0.25, -0.2) is 14.6 Å². The molecule has 8 heteroatoms. The van der Waals surface area contributed by atoms with E-state index >= 15 is 0 Å². The molecule has 3 amide bonds. The van der Waals surface area contributed by atoms with Gasteiger partial charge in [-0.3, -0.25) is 4.79 Å². The minimum absolute atomic E-state index is 0.0994. The Morgan fingerprint density at radius 1 is 1.37 bits per heavy atom. The third-order valence-electron chi connectivity index (χ3n) is 2.14. The zero-order valence-corrected chi connectivity index (χ0v) is 10.0. The molecule has 0 saturated heterocycles. The first-order valence-corrected chi connectivity index (χ1v) is 5.52. The largest absolute Gasteiger partial charge is 0.476 e. The predicted octanol–water partition coefficient (Wildman–Crippen LogP) is 0.167. The molecule has 0 aliphatic rings. The summed E-state index contributed by atoms with van der Waals surface area (Å²) < 4.78 is 0. The molecule has 1 heterocycles. The minimum atomic E-state index is -1.23. The van der Waals surface area contributed by atoms with Crippen molar-refractivity contribution in [3.8, 4) is 0 Å². The summed E-state index contributed by atoms with van der Waals surface area (Å²) >= 11 is 0. The van der Waals surface area contributed by atoms with E-state index in [0.717, 1.165) is 0 Å². The van der Waals surface area contributed by atoms with Gasteiger partial charge in [0.05, 0.1) is 5.69 Å². The quantitative estimate of drug-likeness (QED) is 0.544. The first kappa shape index (κ1) is 14.4. The molecule has 19 heavy (non-hydrogen) atoms. The lowest BCUT2D eigenvalue weighted by molar-refractivity contribution is -0.118. The third kappa shape index (κ3) is 5.02. The molecule has 0 spiro atoms. The summed E-state index contributed by atoms with van der Waals surface area (Å²) in [5.41, 5.74) is 4.80. The van der Waals surface area contributed by atoms with Gasteiger partial charge in [-0.2, -0.15) is 0 Å². The lowest BCUT2D eigenvalue weighted by atomic mass is 10.3. The number of anilines is 1. The molecule has 1 rings (SSSR count). The maximum atomic E-state index is 11.5. The highest BCUT2D eigenvalue weighted by Gasteiger charge is 2.12. The number of hydrogen-bond acceptors (Lipinski definition) is 4. The highest BCUT2D eigenvalue weighted by atomic mass is 16.4. The fourth-order valence-corrected chi connectivity index (χ4v) is 1.31. The van der Waals surface area contributed by atoms with Crippen molar-refractivity contribution in [2.24, 2.45) is 5.73 Å². The number of carboxylic acids is 1. The number of nitrogens with one attached hydrogen (secondary N) is 2. The number of carbonyl (C=O) groups excluding carboxylic acids is 2. The van der Waals surface area contributed by atoms with Crippen LogP contribution in [0.25, 0.3) is 0 Å². The molecule has 0 aliphatic carbocycles. The van der Waals surface area contributed by atoms with Crippen LogP contribution in [0.1, 0.15) is 23.3 Å². The molecule has 5 N–H and O–H groups in total. The second kappa shape index (κ2) is 6.94. The normalized spacial score (nSPS) is 9.68. The fourth-order valence-electron chi connectivity index (χ4n) is 1.31. The smallest absolute Gasteiger partial charge is 0.356 e. The van der Waals surface area contributed by atoms with E-state index in [4.69, 9.17) is 10.8 Å². The molecule has 102 valence electrons. The van der Waals surface area contributed by atoms with Crippen LogP contribution in [0, 0.1) is 0 Å². The number of amides is 3. The maximum Gasteiger partial charge on any atom is 0.356 e. The molecule has 0 unspecified atom stereocenters. The van der Waals surface area contributed by atoms with E-state index in [2.05, 4.69) is 15.6 Å². The van der Waals surface area contributed by atoms with Gasteiger partial charge in [0, 0.05) is 19.2 Å². The Bertz CT molecular complexity index is 489. The van der Waals surface area contributed by atoms with Gasteiger partial charge in [-0.1, -0.05) is 0 Å². The average molecular weight is 266 g/mol. The van der Waals surface area contributed by atoms with Gasteiger partial charge in [-0.15, -0.1) is 0 Å². The Morgan fingerprint density at radius 2 is 2.11 bits per heavy atom. The summed E-state index contributed by atoms with van der Waals surface area (Å²) in [5, 5.41) is 13.7. The van der Waals surface area contributed by atoms with E-state index < -0.39 is 17.9 Å². The second-order valence-electron chi connectivity index (χ2n) is 3.66. The zero-order valence-electron chi connectivity index (χ0n) is 10.0. The first-order chi connectivity index (χ1) is 9.00. The van der Waals surface area contributed by atoms with E-state index in [1.165, 1.54) is 18.3 Å². The molecular weight excluding hydrogens is 252 g/mol.